The third-order valence-corrected chi connectivity index (χ3v) is 1.62. The van der Waals surface area contributed by atoms with Crippen molar-refractivity contribution < 1.29 is 0 Å². The molecule has 0 spiro atoms. The van der Waals surface area contributed by atoms with Crippen LogP contribution in [0.3, 0.4) is 0 Å². The Morgan fingerprint density at radius 2 is 1.20 bits per heavy atom. The average molecular weight is 132 g/mol. The van der Waals surface area contributed by atoms with E-state index in [1.165, 1.54) is 0 Å². The molecule has 2 aromatic rings. The third-order valence-electron chi connectivity index (χ3n) is 1.62. The highest BCUT2D eigenvalue weighted by Crippen LogP contribution is 2.03. The molecule has 0 fully saturated rings. The molecule has 0 unspecified atom stereocenters. The first kappa shape index (κ1) is 5.35. The Hall–Kier alpha value is -1.44. The monoisotopic (exact) mass is 132 g/mol. The zero-order chi connectivity index (χ0) is 7.14. The molecule has 0 saturated heterocycles. The lowest BCUT2D eigenvalue weighted by atomic mass is 10.1. The fourth-order valence-corrected chi connectivity index (χ4v) is 1.06. The van der Waals surface area contributed by atoms with Crippen LogP contribution in [0.25, 0.3) is 10.8 Å². The van der Waals surface area contributed by atoms with E-state index in [4.69, 9.17) is 0 Å². The second-order valence-corrected chi connectivity index (χ2v) is 2.20. The van der Waals surface area contributed by atoms with Crippen LogP contribution < -0.4 is 10.9 Å². The molecule has 2 heteroatoms. The molecular formula is C8H4O2. The maximum atomic E-state index is 10.7. The minimum Gasteiger partial charge on any atom is -0.285 e. The van der Waals surface area contributed by atoms with Crippen molar-refractivity contribution in [2.75, 3.05) is 0 Å². The van der Waals surface area contributed by atoms with Gasteiger partial charge in [-0.15, -0.1) is 0 Å². The first-order chi connectivity index (χ1) is 4.80. The summed E-state index contributed by atoms with van der Waals surface area (Å²) in [5.74, 6) is 0. The van der Waals surface area contributed by atoms with Crippen LogP contribution in [0.5, 0.6) is 0 Å². The van der Waals surface area contributed by atoms with Crippen molar-refractivity contribution in [2.45, 2.75) is 0 Å². The van der Waals surface area contributed by atoms with Crippen molar-refractivity contribution in [3.63, 3.8) is 0 Å². The van der Waals surface area contributed by atoms with Gasteiger partial charge in [0.1, 0.15) is 0 Å². The van der Waals surface area contributed by atoms with Crippen molar-refractivity contribution in [1.82, 2.24) is 0 Å². The van der Waals surface area contributed by atoms with Gasteiger partial charge < -0.3 is 0 Å². The first-order valence-corrected chi connectivity index (χ1v) is 2.99. The number of fused-ring (bicyclic) bond motifs is 1. The molecule has 0 atom stereocenters. The standard InChI is InChI=1S/C8H4O2/c9-7-5-3-1-2-4-6(5)8(7)10/h1-4H. The van der Waals surface area contributed by atoms with Crippen molar-refractivity contribution >= 4 is 10.8 Å². The van der Waals surface area contributed by atoms with Gasteiger partial charge in [0, 0.05) is 10.8 Å². The van der Waals surface area contributed by atoms with E-state index in [0.717, 1.165) is 0 Å². The Labute approximate surface area is 56.4 Å². The van der Waals surface area contributed by atoms with Crippen molar-refractivity contribution in [2.24, 2.45) is 0 Å². The van der Waals surface area contributed by atoms with Crippen LogP contribution in [0.15, 0.2) is 33.9 Å². The lowest BCUT2D eigenvalue weighted by molar-refractivity contribution is 1.54. The van der Waals surface area contributed by atoms with Gasteiger partial charge in [-0.25, -0.2) is 0 Å². The Balaban J connectivity index is 3.09. The Kier molecular flexibility index (Phi) is 0.822. The molecule has 0 saturated carbocycles. The second-order valence-electron chi connectivity index (χ2n) is 2.20. The van der Waals surface area contributed by atoms with Crippen LogP contribution in [0.2, 0.25) is 0 Å². The van der Waals surface area contributed by atoms with E-state index in [1.807, 2.05) is 0 Å². The fraction of sp³-hybridized carbons (Fsp3) is 0. The summed E-state index contributed by atoms with van der Waals surface area (Å²) in [6.07, 6.45) is 0. The van der Waals surface area contributed by atoms with Gasteiger partial charge in [-0.3, -0.25) is 9.59 Å². The van der Waals surface area contributed by atoms with Crippen LogP contribution in [-0.4, -0.2) is 0 Å². The van der Waals surface area contributed by atoms with Gasteiger partial charge in [0.2, 0.25) is 10.9 Å². The molecule has 10 heavy (non-hydrogen) atoms. The molecule has 0 aliphatic rings. The lowest BCUT2D eigenvalue weighted by Gasteiger charge is -1.94. The van der Waals surface area contributed by atoms with Crippen LogP contribution >= 0.6 is 0 Å². The summed E-state index contributed by atoms with van der Waals surface area (Å²) in [5, 5.41) is 1.13. The summed E-state index contributed by atoms with van der Waals surface area (Å²) >= 11 is 0. The number of hydrogen-bond donors (Lipinski definition) is 0. The number of benzene rings is 1. The van der Waals surface area contributed by atoms with Gasteiger partial charge in [0.25, 0.3) is 0 Å². The van der Waals surface area contributed by atoms with Gasteiger partial charge in [-0.1, -0.05) is 24.3 Å². The topological polar surface area (TPSA) is 34.1 Å². The predicted octanol–water partition coefficient (Wildman–Crippen LogP) is 0.436. The predicted molar refractivity (Wildman–Crippen MR) is 38.9 cm³/mol. The molecular weight excluding hydrogens is 128 g/mol. The molecule has 0 aliphatic carbocycles. The first-order valence-electron chi connectivity index (χ1n) is 2.99. The lowest BCUT2D eigenvalue weighted by Crippen LogP contribution is -2.30. The zero-order valence-corrected chi connectivity index (χ0v) is 5.13. The molecule has 0 radical (unpaired) electrons. The third kappa shape index (κ3) is 0.436. The Morgan fingerprint density at radius 3 is 1.60 bits per heavy atom. The van der Waals surface area contributed by atoms with E-state index in [2.05, 4.69) is 0 Å². The number of rotatable bonds is 0. The van der Waals surface area contributed by atoms with Crippen LogP contribution in [0.4, 0.5) is 0 Å². The van der Waals surface area contributed by atoms with E-state index >= 15 is 0 Å². The summed E-state index contributed by atoms with van der Waals surface area (Å²) in [6, 6.07) is 6.84. The van der Waals surface area contributed by atoms with Gasteiger partial charge in [-0.05, 0) is 0 Å². The minimum atomic E-state index is -0.351. The fourth-order valence-electron chi connectivity index (χ4n) is 1.06. The van der Waals surface area contributed by atoms with Crippen molar-refractivity contribution in [1.29, 1.82) is 0 Å². The van der Waals surface area contributed by atoms with Crippen molar-refractivity contribution in [3.8, 4) is 0 Å². The van der Waals surface area contributed by atoms with Gasteiger partial charge >= 0.3 is 0 Å². The van der Waals surface area contributed by atoms with E-state index in [9.17, 15) is 9.59 Å². The quantitative estimate of drug-likeness (QED) is 0.487. The molecule has 0 amide bonds. The molecule has 48 valence electrons. The summed E-state index contributed by atoms with van der Waals surface area (Å²) in [6.45, 7) is 0. The van der Waals surface area contributed by atoms with Crippen LogP contribution in [-0.2, 0) is 0 Å². The highest BCUT2D eigenvalue weighted by Gasteiger charge is 2.08. The Morgan fingerprint density at radius 1 is 0.800 bits per heavy atom. The van der Waals surface area contributed by atoms with E-state index in [1.54, 1.807) is 24.3 Å². The minimum absolute atomic E-state index is 0.351. The molecule has 2 aromatic carbocycles. The highest BCUT2D eigenvalue weighted by atomic mass is 16.2. The second kappa shape index (κ2) is 1.53. The summed E-state index contributed by atoms with van der Waals surface area (Å²) in [4.78, 5) is 21.4. The van der Waals surface area contributed by atoms with Gasteiger partial charge in [-0.2, -0.15) is 0 Å². The van der Waals surface area contributed by atoms with Gasteiger partial charge in [0.05, 0.1) is 0 Å². The molecule has 2 nitrogen and oxygen atoms in total. The molecule has 0 N–H and O–H groups in total. The largest absolute Gasteiger partial charge is 0.285 e. The molecule has 0 heterocycles. The van der Waals surface area contributed by atoms with Crippen LogP contribution in [0, 0.1) is 0 Å². The van der Waals surface area contributed by atoms with E-state index < -0.39 is 0 Å². The summed E-state index contributed by atoms with van der Waals surface area (Å²) in [5.41, 5.74) is -0.703. The molecule has 2 rings (SSSR count). The highest BCUT2D eigenvalue weighted by molar-refractivity contribution is 5.87. The normalized spacial score (nSPS) is 10.8. The zero-order valence-electron chi connectivity index (χ0n) is 5.13. The maximum Gasteiger partial charge on any atom is 0.234 e. The van der Waals surface area contributed by atoms with Gasteiger partial charge in [0.15, 0.2) is 0 Å². The smallest absolute Gasteiger partial charge is 0.234 e. The number of hydrogen-bond acceptors (Lipinski definition) is 2. The van der Waals surface area contributed by atoms with Crippen molar-refractivity contribution in [3.05, 3.63) is 44.7 Å². The van der Waals surface area contributed by atoms with Crippen LogP contribution in [0.1, 0.15) is 0 Å². The Bertz CT molecular complexity index is 404. The molecule has 0 bridgehead atoms. The molecule has 0 aliphatic heterocycles. The van der Waals surface area contributed by atoms with E-state index in [0.29, 0.717) is 10.8 Å². The molecule has 0 aromatic heterocycles. The van der Waals surface area contributed by atoms with E-state index in [-0.39, 0.29) is 10.9 Å². The summed E-state index contributed by atoms with van der Waals surface area (Å²) in [7, 11) is 0. The summed E-state index contributed by atoms with van der Waals surface area (Å²) < 4.78 is 0. The maximum absolute atomic E-state index is 10.7. The average Bonchev–Trinajstić information content (AvgIpc) is 2.03. The SMILES string of the molecule is O=c1c(=O)c2ccccc12.